The Morgan fingerprint density at radius 3 is 2.95 bits per heavy atom. The maximum absolute atomic E-state index is 12.1. The molecule has 21 heavy (non-hydrogen) atoms. The number of pyridine rings is 1. The summed E-state index contributed by atoms with van der Waals surface area (Å²) >= 11 is 0. The van der Waals surface area contributed by atoms with Gasteiger partial charge in [-0.3, -0.25) is 9.69 Å². The number of hydrogen-bond donors (Lipinski definition) is 2. The summed E-state index contributed by atoms with van der Waals surface area (Å²) in [4.78, 5) is 18.8. The lowest BCUT2D eigenvalue weighted by molar-refractivity contribution is 0.0936. The molecule has 1 aliphatic rings. The highest BCUT2D eigenvalue weighted by Gasteiger charge is 2.23. The van der Waals surface area contributed by atoms with Crippen LogP contribution in [0.4, 0.5) is 5.69 Å². The molecule has 1 amide bonds. The number of amides is 1. The highest BCUT2D eigenvalue weighted by Crippen LogP contribution is 2.15. The van der Waals surface area contributed by atoms with Crippen LogP contribution in [0, 0.1) is 0 Å². The van der Waals surface area contributed by atoms with Crippen molar-refractivity contribution in [3.05, 3.63) is 24.0 Å². The third-order valence-electron chi connectivity index (χ3n) is 3.98. The van der Waals surface area contributed by atoms with Gasteiger partial charge in [0.1, 0.15) is 5.69 Å². The van der Waals surface area contributed by atoms with Crippen LogP contribution in [-0.2, 0) is 0 Å². The summed E-state index contributed by atoms with van der Waals surface area (Å²) in [6, 6.07) is 4.16. The van der Waals surface area contributed by atoms with E-state index >= 15 is 0 Å². The normalized spacial score (nSPS) is 18.7. The van der Waals surface area contributed by atoms with Crippen molar-refractivity contribution in [1.29, 1.82) is 0 Å². The number of anilines is 1. The van der Waals surface area contributed by atoms with Gasteiger partial charge in [0.25, 0.3) is 5.91 Å². The van der Waals surface area contributed by atoms with E-state index < -0.39 is 0 Å². The number of carbonyl (C=O) groups is 1. The Labute approximate surface area is 127 Å². The van der Waals surface area contributed by atoms with Crippen LogP contribution >= 0.6 is 0 Å². The first-order valence-electron chi connectivity index (χ1n) is 7.96. The second kappa shape index (κ2) is 7.98. The van der Waals surface area contributed by atoms with E-state index in [9.17, 15) is 4.79 Å². The summed E-state index contributed by atoms with van der Waals surface area (Å²) < 4.78 is 0. The van der Waals surface area contributed by atoms with Crippen molar-refractivity contribution in [2.75, 3.05) is 31.5 Å². The van der Waals surface area contributed by atoms with Crippen molar-refractivity contribution in [2.24, 2.45) is 0 Å². The molecule has 1 fully saturated rings. The van der Waals surface area contributed by atoms with Gasteiger partial charge in [-0.25, -0.2) is 4.98 Å². The van der Waals surface area contributed by atoms with Gasteiger partial charge < -0.3 is 10.6 Å². The van der Waals surface area contributed by atoms with E-state index in [0.29, 0.717) is 18.3 Å². The van der Waals surface area contributed by atoms with Crippen LogP contribution in [0.15, 0.2) is 18.3 Å². The van der Waals surface area contributed by atoms with Crippen LogP contribution in [0.2, 0.25) is 0 Å². The fourth-order valence-electron chi connectivity index (χ4n) is 2.75. The van der Waals surface area contributed by atoms with Crippen LogP contribution in [0.5, 0.6) is 0 Å². The van der Waals surface area contributed by atoms with Gasteiger partial charge in [-0.1, -0.05) is 13.8 Å². The predicted molar refractivity (Wildman–Crippen MR) is 85.6 cm³/mol. The molecule has 1 aliphatic heterocycles. The first-order chi connectivity index (χ1) is 10.2. The van der Waals surface area contributed by atoms with E-state index in [2.05, 4.69) is 34.4 Å². The van der Waals surface area contributed by atoms with Gasteiger partial charge in [-0.05, 0) is 44.5 Å². The van der Waals surface area contributed by atoms with Gasteiger partial charge in [0.2, 0.25) is 0 Å². The Morgan fingerprint density at radius 2 is 2.29 bits per heavy atom. The molecule has 1 aromatic rings. The Kier molecular flexibility index (Phi) is 5.99. The molecule has 1 aromatic heterocycles. The fourth-order valence-corrected chi connectivity index (χ4v) is 2.75. The van der Waals surface area contributed by atoms with Crippen molar-refractivity contribution < 1.29 is 4.79 Å². The summed E-state index contributed by atoms with van der Waals surface area (Å²) in [6.07, 6.45) is 5.18. The lowest BCUT2D eigenvalue weighted by atomic mass is 10.2. The quantitative estimate of drug-likeness (QED) is 0.807. The smallest absolute Gasteiger partial charge is 0.269 e. The van der Waals surface area contributed by atoms with Crippen molar-refractivity contribution in [3.8, 4) is 0 Å². The van der Waals surface area contributed by atoms with E-state index in [4.69, 9.17) is 0 Å². The third-order valence-corrected chi connectivity index (χ3v) is 3.98. The zero-order valence-corrected chi connectivity index (χ0v) is 13.1. The first-order valence-corrected chi connectivity index (χ1v) is 7.96. The Balaban J connectivity index is 1.82. The number of likely N-dealkylation sites (tertiary alicyclic amines) is 1. The lowest BCUT2D eigenvalue weighted by Gasteiger charge is -2.22. The Bertz CT molecular complexity index is 446. The van der Waals surface area contributed by atoms with Crippen LogP contribution in [0.3, 0.4) is 0 Å². The molecule has 2 N–H and O–H groups in total. The molecule has 5 heteroatoms. The zero-order chi connectivity index (χ0) is 15.1. The largest absolute Gasteiger partial charge is 0.384 e. The molecular weight excluding hydrogens is 264 g/mol. The molecule has 0 bridgehead atoms. The topological polar surface area (TPSA) is 57.3 Å². The standard InChI is InChI=1S/C16H26N4O/c1-3-9-17-13-7-8-15(18-11-13)16(21)19-12-14-6-5-10-20(14)4-2/h7-8,11,14,17H,3-6,9-10,12H2,1-2H3,(H,19,21). The highest BCUT2D eigenvalue weighted by atomic mass is 16.1. The van der Waals surface area contributed by atoms with Crippen LogP contribution < -0.4 is 10.6 Å². The molecule has 1 saturated heterocycles. The van der Waals surface area contributed by atoms with Gasteiger partial charge >= 0.3 is 0 Å². The Morgan fingerprint density at radius 1 is 1.43 bits per heavy atom. The van der Waals surface area contributed by atoms with E-state index in [-0.39, 0.29) is 5.91 Å². The number of hydrogen-bond acceptors (Lipinski definition) is 4. The Hall–Kier alpha value is -1.62. The summed E-state index contributed by atoms with van der Waals surface area (Å²) in [5, 5.41) is 6.25. The number of carbonyl (C=O) groups excluding carboxylic acids is 1. The summed E-state index contributed by atoms with van der Waals surface area (Å²) in [5.41, 5.74) is 1.44. The van der Waals surface area contributed by atoms with Gasteiger partial charge in [0.15, 0.2) is 0 Å². The summed E-state index contributed by atoms with van der Waals surface area (Å²) in [7, 11) is 0. The number of nitrogens with zero attached hydrogens (tertiary/aromatic N) is 2. The van der Waals surface area contributed by atoms with Crippen LogP contribution in [0.1, 0.15) is 43.6 Å². The molecule has 1 unspecified atom stereocenters. The van der Waals surface area contributed by atoms with Crippen molar-refractivity contribution in [1.82, 2.24) is 15.2 Å². The first kappa shape index (κ1) is 15.8. The lowest BCUT2D eigenvalue weighted by Crippen LogP contribution is -2.40. The molecule has 5 nitrogen and oxygen atoms in total. The second-order valence-electron chi connectivity index (χ2n) is 5.49. The summed E-state index contributed by atoms with van der Waals surface area (Å²) in [5.74, 6) is -0.0833. The zero-order valence-electron chi connectivity index (χ0n) is 13.1. The molecule has 0 radical (unpaired) electrons. The molecule has 116 valence electrons. The fraction of sp³-hybridized carbons (Fsp3) is 0.625. The second-order valence-corrected chi connectivity index (χ2v) is 5.49. The molecule has 2 rings (SSSR count). The van der Waals surface area contributed by atoms with Crippen LogP contribution in [-0.4, -0.2) is 48.0 Å². The minimum absolute atomic E-state index is 0.0833. The maximum Gasteiger partial charge on any atom is 0.269 e. The SMILES string of the molecule is CCCNc1ccc(C(=O)NCC2CCCN2CC)nc1. The van der Waals surface area contributed by atoms with E-state index in [1.807, 2.05) is 6.07 Å². The van der Waals surface area contributed by atoms with E-state index in [0.717, 1.165) is 31.7 Å². The molecule has 1 atom stereocenters. The van der Waals surface area contributed by atoms with E-state index in [1.54, 1.807) is 12.3 Å². The van der Waals surface area contributed by atoms with Gasteiger partial charge in [-0.15, -0.1) is 0 Å². The molecular formula is C16H26N4O. The highest BCUT2D eigenvalue weighted by molar-refractivity contribution is 5.92. The van der Waals surface area contributed by atoms with Crippen molar-refractivity contribution in [2.45, 2.75) is 39.2 Å². The molecule has 2 heterocycles. The van der Waals surface area contributed by atoms with Gasteiger partial charge in [0, 0.05) is 19.1 Å². The summed E-state index contributed by atoms with van der Waals surface area (Å²) in [6.45, 7) is 8.12. The maximum atomic E-state index is 12.1. The minimum atomic E-state index is -0.0833. The average Bonchev–Trinajstić information content (AvgIpc) is 2.98. The van der Waals surface area contributed by atoms with Crippen LogP contribution in [0.25, 0.3) is 0 Å². The number of rotatable bonds is 7. The van der Waals surface area contributed by atoms with Crippen molar-refractivity contribution >= 4 is 11.6 Å². The minimum Gasteiger partial charge on any atom is -0.384 e. The number of likely N-dealkylation sites (N-methyl/N-ethyl adjacent to an activating group) is 1. The predicted octanol–water partition coefficient (Wildman–Crippen LogP) is 2.12. The molecule has 0 saturated carbocycles. The van der Waals surface area contributed by atoms with Gasteiger partial charge in [-0.2, -0.15) is 0 Å². The van der Waals surface area contributed by atoms with Crippen molar-refractivity contribution in [3.63, 3.8) is 0 Å². The molecule has 0 aliphatic carbocycles. The number of nitrogens with one attached hydrogen (secondary N) is 2. The average molecular weight is 290 g/mol. The van der Waals surface area contributed by atoms with Gasteiger partial charge in [0.05, 0.1) is 11.9 Å². The third kappa shape index (κ3) is 4.43. The van der Waals surface area contributed by atoms with E-state index in [1.165, 1.54) is 12.8 Å². The molecule has 0 spiro atoms. The molecule has 0 aromatic carbocycles. The monoisotopic (exact) mass is 290 g/mol. The number of aromatic nitrogens is 1.